The molecule has 3 nitrogen and oxygen atoms in total. The Morgan fingerprint density at radius 1 is 1.47 bits per heavy atom. The van der Waals surface area contributed by atoms with Gasteiger partial charge in [-0.1, -0.05) is 11.6 Å². The van der Waals surface area contributed by atoms with Crippen LogP contribution in [0.25, 0.3) is 0 Å². The molecule has 1 N–H and O–H groups in total. The van der Waals surface area contributed by atoms with Crippen molar-refractivity contribution in [2.75, 3.05) is 0 Å². The quantitative estimate of drug-likeness (QED) is 0.892. The van der Waals surface area contributed by atoms with Gasteiger partial charge in [0.2, 0.25) is 0 Å². The van der Waals surface area contributed by atoms with Crippen molar-refractivity contribution in [3.05, 3.63) is 33.8 Å². The molecule has 0 aromatic heterocycles. The Morgan fingerprint density at radius 2 is 2.06 bits per heavy atom. The van der Waals surface area contributed by atoms with Crippen molar-refractivity contribution in [2.24, 2.45) is 0 Å². The molecule has 7 heteroatoms. The van der Waals surface area contributed by atoms with E-state index in [-0.39, 0.29) is 5.56 Å². The number of hydrogen-bond acceptors (Lipinski definition) is 2. The minimum atomic E-state index is -4.71. The Kier molecular flexibility index (Phi) is 3.63. The van der Waals surface area contributed by atoms with Crippen molar-refractivity contribution in [2.45, 2.75) is 12.6 Å². The van der Waals surface area contributed by atoms with Gasteiger partial charge in [-0.3, -0.25) is 4.79 Å². The van der Waals surface area contributed by atoms with Crippen molar-refractivity contribution in [1.29, 1.82) is 5.26 Å². The van der Waals surface area contributed by atoms with Crippen molar-refractivity contribution >= 4 is 17.6 Å². The molecule has 90 valence electrons. The summed E-state index contributed by atoms with van der Waals surface area (Å²) in [7, 11) is 0. The van der Waals surface area contributed by atoms with Gasteiger partial charge in [0, 0.05) is 0 Å². The molecule has 0 aliphatic heterocycles. The molecule has 0 unspecified atom stereocenters. The van der Waals surface area contributed by atoms with Crippen LogP contribution in [0.5, 0.6) is 0 Å². The highest BCUT2D eigenvalue weighted by Gasteiger charge is 2.35. The SMILES string of the molecule is N#Cc1ccc(C(F)(F)F)c(CC(=O)O)c1Cl. The van der Waals surface area contributed by atoms with Crippen molar-refractivity contribution in [1.82, 2.24) is 0 Å². The zero-order chi connectivity index (χ0) is 13.2. The van der Waals surface area contributed by atoms with Gasteiger partial charge >= 0.3 is 12.1 Å². The van der Waals surface area contributed by atoms with E-state index in [2.05, 4.69) is 0 Å². The van der Waals surface area contributed by atoms with Gasteiger partial charge in [-0.15, -0.1) is 0 Å². The number of halogens is 4. The van der Waals surface area contributed by atoms with Gasteiger partial charge in [0.1, 0.15) is 6.07 Å². The number of nitriles is 1. The second kappa shape index (κ2) is 4.63. The molecular formula is C10H5ClF3NO2. The summed E-state index contributed by atoms with van der Waals surface area (Å²) >= 11 is 5.58. The second-order valence-electron chi connectivity index (χ2n) is 3.13. The number of carbonyl (C=O) groups is 1. The molecule has 0 bridgehead atoms. The largest absolute Gasteiger partial charge is 0.481 e. The molecule has 17 heavy (non-hydrogen) atoms. The maximum atomic E-state index is 12.6. The first-order valence-electron chi connectivity index (χ1n) is 4.28. The summed E-state index contributed by atoms with van der Waals surface area (Å²) in [6.45, 7) is 0. The molecule has 0 aliphatic carbocycles. The lowest BCUT2D eigenvalue weighted by atomic mass is 10.0. The number of rotatable bonds is 2. The molecule has 0 spiro atoms. The maximum absolute atomic E-state index is 12.6. The van der Waals surface area contributed by atoms with E-state index < -0.39 is 34.7 Å². The Balaban J connectivity index is 3.48. The third kappa shape index (κ3) is 2.88. The van der Waals surface area contributed by atoms with Crippen LogP contribution >= 0.6 is 11.6 Å². The number of benzene rings is 1. The van der Waals surface area contributed by atoms with Crippen molar-refractivity contribution < 1.29 is 23.1 Å². The molecule has 1 aromatic carbocycles. The van der Waals surface area contributed by atoms with E-state index in [0.717, 1.165) is 6.07 Å². The van der Waals surface area contributed by atoms with E-state index in [9.17, 15) is 18.0 Å². The van der Waals surface area contributed by atoms with E-state index in [1.807, 2.05) is 0 Å². The van der Waals surface area contributed by atoms with Crippen LogP contribution < -0.4 is 0 Å². The zero-order valence-electron chi connectivity index (χ0n) is 8.18. The van der Waals surface area contributed by atoms with Gasteiger partial charge in [-0.25, -0.2) is 0 Å². The van der Waals surface area contributed by atoms with Crippen LogP contribution in [0, 0.1) is 11.3 Å². The van der Waals surface area contributed by atoms with E-state index in [1.54, 1.807) is 6.07 Å². The monoisotopic (exact) mass is 263 g/mol. The lowest BCUT2D eigenvalue weighted by Crippen LogP contribution is -2.13. The molecule has 0 saturated heterocycles. The standard InChI is InChI=1S/C10H5ClF3NO2/c11-9-5(4-15)1-2-7(10(12,13)14)6(9)3-8(16)17/h1-2H,3H2,(H,16,17). The summed E-state index contributed by atoms with van der Waals surface area (Å²) < 4.78 is 37.7. The first-order chi connectivity index (χ1) is 7.77. The van der Waals surface area contributed by atoms with Gasteiger partial charge in [0.15, 0.2) is 0 Å². The van der Waals surface area contributed by atoms with Crippen LogP contribution in [0.3, 0.4) is 0 Å². The van der Waals surface area contributed by atoms with E-state index in [4.69, 9.17) is 22.0 Å². The highest BCUT2D eigenvalue weighted by molar-refractivity contribution is 6.32. The van der Waals surface area contributed by atoms with Crippen molar-refractivity contribution in [3.63, 3.8) is 0 Å². The molecule has 0 aliphatic rings. The fourth-order valence-corrected chi connectivity index (χ4v) is 1.57. The number of nitrogens with zero attached hydrogens (tertiary/aromatic N) is 1. The van der Waals surface area contributed by atoms with Crippen LogP contribution in [0.15, 0.2) is 12.1 Å². The summed E-state index contributed by atoms with van der Waals surface area (Å²) in [4.78, 5) is 10.5. The van der Waals surface area contributed by atoms with Crippen LogP contribution in [0.4, 0.5) is 13.2 Å². The molecule has 0 amide bonds. The second-order valence-corrected chi connectivity index (χ2v) is 3.51. The Bertz CT molecular complexity index is 505. The Hall–Kier alpha value is -1.74. The molecule has 0 fully saturated rings. The average molecular weight is 264 g/mol. The predicted octanol–water partition coefficient (Wildman–Crippen LogP) is 2.86. The highest BCUT2D eigenvalue weighted by Crippen LogP contribution is 2.36. The molecule has 1 rings (SSSR count). The summed E-state index contributed by atoms with van der Waals surface area (Å²) in [5.74, 6) is -1.45. The molecule has 0 saturated carbocycles. The van der Waals surface area contributed by atoms with Crippen LogP contribution in [-0.4, -0.2) is 11.1 Å². The number of carboxylic acids is 1. The van der Waals surface area contributed by atoms with Gasteiger partial charge in [-0.05, 0) is 17.7 Å². The summed E-state index contributed by atoms with van der Waals surface area (Å²) in [6, 6.07) is 3.16. The summed E-state index contributed by atoms with van der Waals surface area (Å²) in [5, 5.41) is 16.7. The number of hydrogen-bond donors (Lipinski definition) is 1. The topological polar surface area (TPSA) is 61.1 Å². The number of aliphatic carboxylic acids is 1. The number of alkyl halides is 3. The van der Waals surface area contributed by atoms with E-state index in [1.165, 1.54) is 0 Å². The van der Waals surface area contributed by atoms with E-state index >= 15 is 0 Å². The Morgan fingerprint density at radius 3 is 2.47 bits per heavy atom. The zero-order valence-corrected chi connectivity index (χ0v) is 8.93. The normalized spacial score (nSPS) is 11.0. The summed E-state index contributed by atoms with van der Waals surface area (Å²) in [6.07, 6.45) is -5.59. The fraction of sp³-hybridized carbons (Fsp3) is 0.200. The molecule has 0 heterocycles. The predicted molar refractivity (Wildman–Crippen MR) is 52.5 cm³/mol. The summed E-state index contributed by atoms with van der Waals surface area (Å²) in [5.41, 5.74) is -1.91. The third-order valence-electron chi connectivity index (χ3n) is 2.00. The first kappa shape index (κ1) is 13.3. The van der Waals surface area contributed by atoms with Crippen LogP contribution in [0.2, 0.25) is 5.02 Å². The van der Waals surface area contributed by atoms with Gasteiger partial charge in [0.25, 0.3) is 0 Å². The van der Waals surface area contributed by atoms with E-state index in [0.29, 0.717) is 6.07 Å². The number of carboxylic acid groups (broad SMARTS) is 1. The maximum Gasteiger partial charge on any atom is 0.416 e. The highest BCUT2D eigenvalue weighted by atomic mass is 35.5. The van der Waals surface area contributed by atoms with Gasteiger partial charge in [-0.2, -0.15) is 18.4 Å². The Labute approximate surface area is 99.0 Å². The van der Waals surface area contributed by atoms with Gasteiger partial charge in [0.05, 0.1) is 22.6 Å². The van der Waals surface area contributed by atoms with Gasteiger partial charge < -0.3 is 5.11 Å². The molecule has 1 aromatic rings. The third-order valence-corrected chi connectivity index (χ3v) is 2.43. The molecule has 0 atom stereocenters. The molecular weight excluding hydrogens is 259 g/mol. The lowest BCUT2D eigenvalue weighted by molar-refractivity contribution is -0.139. The average Bonchev–Trinajstić information content (AvgIpc) is 2.18. The molecule has 0 radical (unpaired) electrons. The van der Waals surface area contributed by atoms with Crippen molar-refractivity contribution in [3.8, 4) is 6.07 Å². The van der Waals surface area contributed by atoms with Crippen LogP contribution in [-0.2, 0) is 17.4 Å². The lowest BCUT2D eigenvalue weighted by Gasteiger charge is -2.13. The smallest absolute Gasteiger partial charge is 0.416 e. The minimum absolute atomic E-state index is 0.184. The fourth-order valence-electron chi connectivity index (χ4n) is 1.30. The minimum Gasteiger partial charge on any atom is -0.481 e. The van der Waals surface area contributed by atoms with Crippen LogP contribution in [0.1, 0.15) is 16.7 Å². The first-order valence-corrected chi connectivity index (χ1v) is 4.65.